The van der Waals surface area contributed by atoms with Gasteiger partial charge in [-0.2, -0.15) is 0 Å². The fourth-order valence-electron chi connectivity index (χ4n) is 2.59. The molecule has 1 N–H and O–H groups in total. The van der Waals surface area contributed by atoms with E-state index >= 15 is 0 Å². The second-order valence-corrected chi connectivity index (χ2v) is 6.38. The van der Waals surface area contributed by atoms with Crippen molar-refractivity contribution < 1.29 is 9.18 Å². The molecule has 3 rings (SSSR count). The summed E-state index contributed by atoms with van der Waals surface area (Å²) >= 11 is 1.41. The van der Waals surface area contributed by atoms with Crippen LogP contribution in [0.1, 0.15) is 24.3 Å². The minimum absolute atomic E-state index is 0. The summed E-state index contributed by atoms with van der Waals surface area (Å²) in [6.07, 6.45) is 0. The Kier molecular flexibility index (Phi) is 7.60. The third-order valence-electron chi connectivity index (χ3n) is 4.11. The molecule has 0 radical (unpaired) electrons. The molecule has 0 aliphatic carbocycles. The van der Waals surface area contributed by atoms with Crippen molar-refractivity contribution in [1.82, 2.24) is 15.2 Å². The van der Waals surface area contributed by atoms with Crippen molar-refractivity contribution in [2.24, 2.45) is 0 Å². The van der Waals surface area contributed by atoms with Gasteiger partial charge in [0, 0.05) is 36.1 Å². The molecule has 4 nitrogen and oxygen atoms in total. The van der Waals surface area contributed by atoms with E-state index in [1.165, 1.54) is 23.5 Å². The Morgan fingerprint density at radius 3 is 2.62 bits per heavy atom. The normalized spacial score (nSPS) is 20.0. The monoisotopic (exact) mass is 391 g/mol. The minimum Gasteiger partial charge on any atom is -0.332 e. The zero-order chi connectivity index (χ0) is 15.7. The number of carbonyl (C=O) groups excluding carboxylic acids is 1. The summed E-state index contributed by atoms with van der Waals surface area (Å²) in [6, 6.07) is 6.57. The highest BCUT2D eigenvalue weighted by Crippen LogP contribution is 2.25. The Balaban J connectivity index is 0.00000144. The third kappa shape index (κ3) is 4.25. The molecule has 0 spiro atoms. The van der Waals surface area contributed by atoms with Gasteiger partial charge in [-0.05, 0) is 38.1 Å². The van der Waals surface area contributed by atoms with E-state index in [9.17, 15) is 9.18 Å². The number of nitrogens with zero attached hydrogens (tertiary/aromatic N) is 2. The summed E-state index contributed by atoms with van der Waals surface area (Å²) in [7, 11) is 0. The number of benzene rings is 1. The lowest BCUT2D eigenvalue weighted by atomic mass is 10.1. The van der Waals surface area contributed by atoms with Gasteiger partial charge in [0.25, 0.3) is 5.91 Å². The van der Waals surface area contributed by atoms with Crippen molar-refractivity contribution in [1.29, 1.82) is 0 Å². The Hall–Kier alpha value is -1.21. The number of thiazole rings is 1. The van der Waals surface area contributed by atoms with Crippen LogP contribution in [0.2, 0.25) is 0 Å². The molecule has 1 aliphatic heterocycles. The minimum atomic E-state index is -0.278. The van der Waals surface area contributed by atoms with E-state index in [4.69, 9.17) is 0 Å². The zero-order valence-corrected chi connectivity index (χ0v) is 15.8. The quantitative estimate of drug-likeness (QED) is 0.849. The lowest BCUT2D eigenvalue weighted by Crippen LogP contribution is -2.57. The van der Waals surface area contributed by atoms with E-state index in [2.05, 4.69) is 17.2 Å². The molecule has 1 aromatic heterocycles. The molecule has 2 atom stereocenters. The van der Waals surface area contributed by atoms with Gasteiger partial charge in [0.2, 0.25) is 0 Å². The average molecular weight is 392 g/mol. The van der Waals surface area contributed by atoms with Crippen molar-refractivity contribution in [3.8, 4) is 10.6 Å². The van der Waals surface area contributed by atoms with Gasteiger partial charge in [-0.3, -0.25) is 4.79 Å². The molecule has 0 bridgehead atoms. The van der Waals surface area contributed by atoms with E-state index in [-0.39, 0.29) is 48.6 Å². The first kappa shape index (κ1) is 20.8. The second-order valence-electron chi connectivity index (χ2n) is 5.53. The maximum atomic E-state index is 13.0. The summed E-state index contributed by atoms with van der Waals surface area (Å²) in [5, 5.41) is 5.87. The van der Waals surface area contributed by atoms with Crippen molar-refractivity contribution in [3.63, 3.8) is 0 Å². The molecule has 2 unspecified atom stereocenters. The lowest BCUT2D eigenvalue weighted by molar-refractivity contribution is 0.0598. The Bertz CT molecular complexity index is 680. The molecule has 24 heavy (non-hydrogen) atoms. The van der Waals surface area contributed by atoms with Gasteiger partial charge >= 0.3 is 0 Å². The summed E-state index contributed by atoms with van der Waals surface area (Å²) < 4.78 is 13.0. The van der Waals surface area contributed by atoms with Gasteiger partial charge in [-0.25, -0.2) is 9.37 Å². The van der Waals surface area contributed by atoms with Gasteiger partial charge in [0.15, 0.2) is 0 Å². The summed E-state index contributed by atoms with van der Waals surface area (Å²) in [6.45, 7) is 5.61. The molecule has 2 aromatic rings. The van der Waals surface area contributed by atoms with Crippen LogP contribution < -0.4 is 5.32 Å². The van der Waals surface area contributed by atoms with Crippen molar-refractivity contribution >= 4 is 42.1 Å². The number of rotatable bonds is 2. The smallest absolute Gasteiger partial charge is 0.273 e. The van der Waals surface area contributed by atoms with E-state index in [0.717, 1.165) is 17.1 Å². The van der Waals surface area contributed by atoms with Gasteiger partial charge in [-0.1, -0.05) is 0 Å². The van der Waals surface area contributed by atoms with Crippen molar-refractivity contribution in [3.05, 3.63) is 41.2 Å². The largest absolute Gasteiger partial charge is 0.332 e. The van der Waals surface area contributed by atoms with Crippen LogP contribution in [0.4, 0.5) is 4.39 Å². The Morgan fingerprint density at radius 2 is 1.96 bits per heavy atom. The fraction of sp³-hybridized carbons (Fsp3) is 0.375. The van der Waals surface area contributed by atoms with Crippen LogP contribution in [0, 0.1) is 5.82 Å². The van der Waals surface area contributed by atoms with E-state index in [0.29, 0.717) is 12.2 Å². The molecule has 8 heteroatoms. The van der Waals surface area contributed by atoms with Gasteiger partial charge in [0.05, 0.1) is 0 Å². The van der Waals surface area contributed by atoms with E-state index in [1.54, 1.807) is 17.5 Å². The highest BCUT2D eigenvalue weighted by atomic mass is 35.5. The first-order valence-electron chi connectivity index (χ1n) is 7.32. The van der Waals surface area contributed by atoms with Crippen LogP contribution >= 0.6 is 36.2 Å². The van der Waals surface area contributed by atoms with Crippen LogP contribution in [-0.4, -0.2) is 41.0 Å². The van der Waals surface area contributed by atoms with Gasteiger partial charge < -0.3 is 10.2 Å². The summed E-state index contributed by atoms with van der Waals surface area (Å²) in [4.78, 5) is 18.9. The van der Waals surface area contributed by atoms with Crippen LogP contribution in [-0.2, 0) is 0 Å². The van der Waals surface area contributed by atoms with Crippen molar-refractivity contribution in [2.45, 2.75) is 25.9 Å². The second kappa shape index (κ2) is 8.76. The maximum Gasteiger partial charge on any atom is 0.273 e. The van der Waals surface area contributed by atoms with E-state index < -0.39 is 0 Å². The SMILES string of the molecule is CC1NCCN(C(=O)c2csc(-c3ccc(F)cc3)n2)C1C.Cl.Cl. The number of piperazine rings is 1. The van der Waals surface area contributed by atoms with E-state index in [1.807, 2.05) is 11.8 Å². The predicted octanol–water partition coefficient (Wildman–Crippen LogP) is 3.62. The molecule has 1 saturated heterocycles. The maximum absolute atomic E-state index is 13.0. The number of halogens is 3. The van der Waals surface area contributed by atoms with Gasteiger partial charge in [-0.15, -0.1) is 36.2 Å². The predicted molar refractivity (Wildman–Crippen MR) is 100.0 cm³/mol. The zero-order valence-electron chi connectivity index (χ0n) is 13.4. The number of amides is 1. The van der Waals surface area contributed by atoms with Crippen LogP contribution in [0.25, 0.3) is 10.6 Å². The number of aromatic nitrogens is 1. The molecule has 0 saturated carbocycles. The highest BCUT2D eigenvalue weighted by molar-refractivity contribution is 7.13. The number of hydrogen-bond donors (Lipinski definition) is 1. The molecule has 1 fully saturated rings. The molecule has 1 aliphatic rings. The fourth-order valence-corrected chi connectivity index (χ4v) is 3.39. The first-order valence-corrected chi connectivity index (χ1v) is 8.20. The first-order chi connectivity index (χ1) is 10.6. The molecule has 2 heterocycles. The number of carbonyl (C=O) groups is 1. The van der Waals surface area contributed by atoms with Crippen LogP contribution in [0.15, 0.2) is 29.6 Å². The number of hydrogen-bond acceptors (Lipinski definition) is 4. The van der Waals surface area contributed by atoms with Crippen molar-refractivity contribution in [2.75, 3.05) is 13.1 Å². The van der Waals surface area contributed by atoms with Crippen LogP contribution in [0.5, 0.6) is 0 Å². The lowest BCUT2D eigenvalue weighted by Gasteiger charge is -2.38. The third-order valence-corrected chi connectivity index (χ3v) is 5.00. The molecular formula is C16H20Cl2FN3OS. The number of nitrogens with one attached hydrogen (secondary N) is 1. The van der Waals surface area contributed by atoms with Gasteiger partial charge in [0.1, 0.15) is 16.5 Å². The molecule has 132 valence electrons. The molecule has 1 amide bonds. The molecular weight excluding hydrogens is 372 g/mol. The summed E-state index contributed by atoms with van der Waals surface area (Å²) in [5.74, 6) is -0.314. The molecule has 1 aromatic carbocycles. The topological polar surface area (TPSA) is 45.2 Å². The van der Waals surface area contributed by atoms with Crippen LogP contribution in [0.3, 0.4) is 0 Å². The Labute approximate surface area is 157 Å². The highest BCUT2D eigenvalue weighted by Gasteiger charge is 2.29. The standard InChI is InChI=1S/C16H18FN3OS.2ClH/c1-10-11(2)20(8-7-18-10)16(21)14-9-22-15(19-14)12-3-5-13(17)6-4-12;;/h3-6,9-11,18H,7-8H2,1-2H3;2*1H. The Morgan fingerprint density at radius 1 is 1.29 bits per heavy atom. The average Bonchev–Trinajstić information content (AvgIpc) is 3.00. The summed E-state index contributed by atoms with van der Waals surface area (Å²) in [5.41, 5.74) is 1.29.